The number of carbonyl (C=O) groups is 1. The minimum absolute atomic E-state index is 0.117. The van der Waals surface area contributed by atoms with Crippen LogP contribution in [0.3, 0.4) is 0 Å². The van der Waals surface area contributed by atoms with E-state index < -0.39 is 11.6 Å². The molecule has 0 radical (unpaired) electrons. The van der Waals surface area contributed by atoms with Crippen LogP contribution in [0.4, 0.5) is 4.39 Å². The van der Waals surface area contributed by atoms with E-state index in [0.29, 0.717) is 5.56 Å². The third-order valence-electron chi connectivity index (χ3n) is 1.88. The smallest absolute Gasteiger partial charge is 0.337 e. The Bertz CT molecular complexity index is 399. The number of rotatable bonds is 4. The maximum absolute atomic E-state index is 13.1. The quantitative estimate of drug-likeness (QED) is 0.856. The number of carboxylic acids is 1. The molecule has 0 atom stereocenters. The molecule has 16 heavy (non-hydrogen) atoms. The first-order valence-corrected chi connectivity index (χ1v) is 4.81. The number of aryl methyl sites for hydroxylation is 1. The van der Waals surface area contributed by atoms with Gasteiger partial charge in [-0.25, -0.2) is 14.2 Å². The van der Waals surface area contributed by atoms with E-state index in [2.05, 4.69) is 4.98 Å². The summed E-state index contributed by atoms with van der Waals surface area (Å²) >= 11 is 0. The van der Waals surface area contributed by atoms with Crippen molar-refractivity contribution in [1.29, 1.82) is 0 Å². The van der Waals surface area contributed by atoms with Gasteiger partial charge in [0, 0.05) is 12.3 Å². The molecule has 0 amide bonds. The van der Waals surface area contributed by atoms with Crippen LogP contribution >= 0.6 is 0 Å². The second-order valence-electron chi connectivity index (χ2n) is 4.15. The molecule has 88 valence electrons. The van der Waals surface area contributed by atoms with Gasteiger partial charge in [0.25, 0.3) is 0 Å². The third-order valence-corrected chi connectivity index (χ3v) is 1.88. The lowest BCUT2D eigenvalue weighted by molar-refractivity contribution is 0.0695. The molecule has 0 aliphatic heterocycles. The molecule has 0 spiro atoms. The normalized spacial score (nSPS) is 11.2. The number of alkyl halides is 1. The van der Waals surface area contributed by atoms with Gasteiger partial charge in [-0.05, 0) is 26.3 Å². The van der Waals surface area contributed by atoms with Gasteiger partial charge in [-0.3, -0.25) is 0 Å². The summed E-state index contributed by atoms with van der Waals surface area (Å²) in [6.07, 6.45) is 1.21. The Morgan fingerprint density at radius 3 is 2.69 bits per heavy atom. The molecule has 1 aromatic heterocycles. The molecule has 1 rings (SSSR count). The van der Waals surface area contributed by atoms with Crippen LogP contribution in [0.1, 0.15) is 29.8 Å². The maximum atomic E-state index is 13.1. The molecule has 1 heterocycles. The molecule has 0 aliphatic carbocycles. The molecule has 0 fully saturated rings. The van der Waals surface area contributed by atoms with E-state index in [1.54, 1.807) is 6.92 Å². The highest BCUT2D eigenvalue weighted by Crippen LogP contribution is 2.16. The molecular formula is C11H14FNO3. The largest absolute Gasteiger partial charge is 0.478 e. The molecule has 0 saturated heterocycles. The fourth-order valence-corrected chi connectivity index (χ4v) is 1.08. The molecule has 4 nitrogen and oxygen atoms in total. The van der Waals surface area contributed by atoms with E-state index in [1.807, 2.05) is 0 Å². The van der Waals surface area contributed by atoms with Crippen molar-refractivity contribution in [3.05, 3.63) is 23.4 Å². The fraction of sp³-hybridized carbons (Fsp3) is 0.455. The lowest BCUT2D eigenvalue weighted by Crippen LogP contribution is -2.23. The number of aromatic carboxylic acids is 1. The standard InChI is InChI=1S/C11H14FNO3/c1-7-4-9(16-6-11(2,3)12)13-5-8(7)10(14)15/h4-5H,6H2,1-3H3,(H,14,15). The van der Waals surface area contributed by atoms with Crippen molar-refractivity contribution < 1.29 is 19.0 Å². The number of nitrogens with zero attached hydrogens (tertiary/aromatic N) is 1. The summed E-state index contributed by atoms with van der Waals surface area (Å²) in [5.74, 6) is -0.810. The summed E-state index contributed by atoms with van der Waals surface area (Å²) in [6.45, 7) is 4.31. The predicted molar refractivity (Wildman–Crippen MR) is 56.6 cm³/mol. The number of ether oxygens (including phenoxy) is 1. The van der Waals surface area contributed by atoms with E-state index in [0.717, 1.165) is 0 Å². The predicted octanol–water partition coefficient (Wildman–Crippen LogP) is 2.22. The van der Waals surface area contributed by atoms with Crippen LogP contribution in [0.5, 0.6) is 5.88 Å². The van der Waals surface area contributed by atoms with Crippen molar-refractivity contribution in [2.75, 3.05) is 6.61 Å². The minimum atomic E-state index is -1.44. The molecule has 0 aromatic carbocycles. The van der Waals surface area contributed by atoms with Gasteiger partial charge in [-0.1, -0.05) is 0 Å². The van der Waals surface area contributed by atoms with Gasteiger partial charge in [0.2, 0.25) is 5.88 Å². The van der Waals surface area contributed by atoms with Crippen molar-refractivity contribution in [3.63, 3.8) is 0 Å². The minimum Gasteiger partial charge on any atom is -0.478 e. The number of hydrogen-bond acceptors (Lipinski definition) is 3. The second-order valence-corrected chi connectivity index (χ2v) is 4.15. The average molecular weight is 227 g/mol. The van der Waals surface area contributed by atoms with Gasteiger partial charge >= 0.3 is 5.97 Å². The molecule has 0 bridgehead atoms. The topological polar surface area (TPSA) is 59.4 Å². The van der Waals surface area contributed by atoms with Gasteiger partial charge in [0.15, 0.2) is 0 Å². The second kappa shape index (κ2) is 4.47. The van der Waals surface area contributed by atoms with Gasteiger partial charge in [-0.15, -0.1) is 0 Å². The SMILES string of the molecule is Cc1cc(OCC(C)(C)F)ncc1C(=O)O. The van der Waals surface area contributed by atoms with E-state index in [4.69, 9.17) is 9.84 Å². The summed E-state index contributed by atoms with van der Waals surface area (Å²) in [4.78, 5) is 14.5. The third kappa shape index (κ3) is 3.49. The highest BCUT2D eigenvalue weighted by Gasteiger charge is 2.17. The Morgan fingerprint density at radius 1 is 1.62 bits per heavy atom. The van der Waals surface area contributed by atoms with Crippen LogP contribution in [0, 0.1) is 6.92 Å². The van der Waals surface area contributed by atoms with E-state index >= 15 is 0 Å². The number of halogens is 1. The molecule has 5 heteroatoms. The van der Waals surface area contributed by atoms with Crippen molar-refractivity contribution in [3.8, 4) is 5.88 Å². The molecule has 0 saturated carbocycles. The monoisotopic (exact) mass is 227 g/mol. The number of carboxylic acid groups (broad SMARTS) is 1. The molecule has 0 unspecified atom stereocenters. The molecule has 0 aliphatic rings. The zero-order valence-corrected chi connectivity index (χ0v) is 9.45. The fourth-order valence-electron chi connectivity index (χ4n) is 1.08. The first-order valence-electron chi connectivity index (χ1n) is 4.81. The Kier molecular flexibility index (Phi) is 3.47. The Morgan fingerprint density at radius 2 is 2.25 bits per heavy atom. The van der Waals surface area contributed by atoms with E-state index in [1.165, 1.54) is 26.1 Å². The lowest BCUT2D eigenvalue weighted by Gasteiger charge is -2.14. The van der Waals surface area contributed by atoms with E-state index in [-0.39, 0.29) is 18.1 Å². The van der Waals surface area contributed by atoms with Crippen LogP contribution in [0.25, 0.3) is 0 Å². The van der Waals surface area contributed by atoms with Crippen LogP contribution in [-0.4, -0.2) is 28.3 Å². The van der Waals surface area contributed by atoms with Gasteiger partial charge in [0.1, 0.15) is 12.3 Å². The van der Waals surface area contributed by atoms with Crippen LogP contribution in [-0.2, 0) is 0 Å². The number of aromatic nitrogens is 1. The average Bonchev–Trinajstić information content (AvgIpc) is 2.13. The van der Waals surface area contributed by atoms with E-state index in [9.17, 15) is 9.18 Å². The van der Waals surface area contributed by atoms with Crippen LogP contribution < -0.4 is 4.74 Å². The number of hydrogen-bond donors (Lipinski definition) is 1. The summed E-state index contributed by atoms with van der Waals surface area (Å²) in [5.41, 5.74) is -0.790. The maximum Gasteiger partial charge on any atom is 0.337 e. The van der Waals surface area contributed by atoms with Crippen molar-refractivity contribution in [2.45, 2.75) is 26.4 Å². The first kappa shape index (κ1) is 12.4. The summed E-state index contributed by atoms with van der Waals surface area (Å²) in [7, 11) is 0. The molecule has 1 aromatic rings. The van der Waals surface area contributed by atoms with Crippen molar-refractivity contribution in [1.82, 2.24) is 4.98 Å². The Balaban J connectivity index is 2.78. The first-order chi connectivity index (χ1) is 7.29. The van der Waals surface area contributed by atoms with Crippen LogP contribution in [0.15, 0.2) is 12.3 Å². The lowest BCUT2D eigenvalue weighted by atomic mass is 10.1. The van der Waals surface area contributed by atoms with Gasteiger partial charge in [0.05, 0.1) is 5.56 Å². The highest BCUT2D eigenvalue weighted by molar-refractivity contribution is 5.88. The summed E-state index contributed by atoms with van der Waals surface area (Å²) < 4.78 is 18.2. The highest BCUT2D eigenvalue weighted by atomic mass is 19.1. The summed E-state index contributed by atoms with van der Waals surface area (Å²) in [6, 6.07) is 1.48. The van der Waals surface area contributed by atoms with Crippen molar-refractivity contribution in [2.24, 2.45) is 0 Å². The van der Waals surface area contributed by atoms with Crippen molar-refractivity contribution >= 4 is 5.97 Å². The Labute approximate surface area is 93.1 Å². The van der Waals surface area contributed by atoms with Crippen LogP contribution in [0.2, 0.25) is 0 Å². The zero-order chi connectivity index (χ0) is 12.3. The van der Waals surface area contributed by atoms with Gasteiger partial charge in [-0.2, -0.15) is 0 Å². The molecular weight excluding hydrogens is 213 g/mol. The molecule has 1 N–H and O–H groups in total. The zero-order valence-electron chi connectivity index (χ0n) is 9.45. The van der Waals surface area contributed by atoms with Gasteiger partial charge < -0.3 is 9.84 Å². The number of pyridine rings is 1. The Hall–Kier alpha value is -1.65. The summed E-state index contributed by atoms with van der Waals surface area (Å²) in [5, 5.41) is 8.77.